The Morgan fingerprint density at radius 1 is 1.30 bits per heavy atom. The highest BCUT2D eigenvalue weighted by Crippen LogP contribution is 2.41. The molecule has 1 amide bonds. The van der Waals surface area contributed by atoms with E-state index in [0.29, 0.717) is 28.4 Å². The summed E-state index contributed by atoms with van der Waals surface area (Å²) in [7, 11) is 1.54. The number of ether oxygens (including phenoxy) is 3. The molecule has 7 nitrogen and oxygen atoms in total. The molecule has 1 aliphatic rings. The Labute approximate surface area is 175 Å². The summed E-state index contributed by atoms with van der Waals surface area (Å²) in [4.78, 5) is 12.3. The zero-order chi connectivity index (χ0) is 19.0. The lowest BCUT2D eigenvalue weighted by molar-refractivity contribution is 0.0929. The second kappa shape index (κ2) is 7.39. The first-order valence-corrected chi connectivity index (χ1v) is 9.62. The van der Waals surface area contributed by atoms with Crippen molar-refractivity contribution in [1.82, 2.24) is 5.43 Å². The van der Waals surface area contributed by atoms with Crippen LogP contribution in [0.4, 0.5) is 0 Å². The first kappa shape index (κ1) is 18.1. The number of fused-ring (bicyclic) bond motifs is 2. The smallest absolute Gasteiger partial charge is 0.307 e. The van der Waals surface area contributed by atoms with Crippen molar-refractivity contribution in [2.45, 2.75) is 0 Å². The number of carbonyl (C=O) groups is 1. The molecular formula is C18H12BrIN2O5. The van der Waals surface area contributed by atoms with Gasteiger partial charge in [-0.15, -0.1) is 0 Å². The van der Waals surface area contributed by atoms with Gasteiger partial charge in [-0.2, -0.15) is 5.10 Å². The lowest BCUT2D eigenvalue weighted by atomic mass is 10.2. The van der Waals surface area contributed by atoms with E-state index in [-0.39, 0.29) is 12.6 Å². The molecule has 1 aromatic heterocycles. The third-order valence-corrected chi connectivity index (χ3v) is 5.08. The number of halogens is 2. The minimum atomic E-state index is -0.443. The fourth-order valence-electron chi connectivity index (χ4n) is 2.63. The molecule has 138 valence electrons. The second-order valence-corrected chi connectivity index (χ2v) is 7.65. The van der Waals surface area contributed by atoms with Crippen molar-refractivity contribution >= 4 is 61.6 Å². The van der Waals surface area contributed by atoms with Crippen LogP contribution in [0.1, 0.15) is 16.1 Å². The minimum absolute atomic E-state index is 0.143. The van der Waals surface area contributed by atoms with Crippen LogP contribution in [-0.2, 0) is 0 Å². The van der Waals surface area contributed by atoms with Gasteiger partial charge in [0.2, 0.25) is 12.5 Å². The Balaban J connectivity index is 1.52. The third-order valence-electron chi connectivity index (χ3n) is 3.82. The Kier molecular flexibility index (Phi) is 4.96. The summed E-state index contributed by atoms with van der Waals surface area (Å²) in [5, 5.41) is 4.82. The van der Waals surface area contributed by atoms with Gasteiger partial charge in [-0.1, -0.05) is 15.9 Å². The van der Waals surface area contributed by atoms with Gasteiger partial charge in [0.05, 0.1) is 16.9 Å². The first-order chi connectivity index (χ1) is 13.0. The van der Waals surface area contributed by atoms with Crippen LogP contribution in [0.15, 0.2) is 44.3 Å². The van der Waals surface area contributed by atoms with Gasteiger partial charge < -0.3 is 18.6 Å². The summed E-state index contributed by atoms with van der Waals surface area (Å²) in [6.07, 6.45) is 1.49. The van der Waals surface area contributed by atoms with Crippen molar-refractivity contribution in [3.8, 4) is 17.2 Å². The highest BCUT2D eigenvalue weighted by molar-refractivity contribution is 14.1. The fourth-order valence-corrected chi connectivity index (χ4v) is 4.29. The van der Waals surface area contributed by atoms with E-state index in [4.69, 9.17) is 18.6 Å². The number of nitrogens with one attached hydrogen (secondary N) is 1. The van der Waals surface area contributed by atoms with Crippen LogP contribution in [-0.4, -0.2) is 26.0 Å². The van der Waals surface area contributed by atoms with E-state index in [0.717, 1.165) is 13.4 Å². The number of hydrazone groups is 1. The molecular weight excluding hydrogens is 531 g/mol. The molecule has 27 heavy (non-hydrogen) atoms. The molecule has 0 unspecified atom stereocenters. The molecule has 9 heteroatoms. The Hall–Kier alpha value is -2.27. The standard InChI is InChI=1S/C18H12BrIN2O5/c1-24-13-2-9(3-14-17(13)26-8-25-14)7-21-22-18(23)15-5-10-4-11(19)6-12(20)16(10)27-15/h2-7H,8H2,1H3,(H,22,23)/b21-7-. The van der Waals surface area contributed by atoms with Gasteiger partial charge in [0.15, 0.2) is 17.3 Å². The summed E-state index contributed by atoms with van der Waals surface area (Å²) in [6, 6.07) is 8.97. The molecule has 0 aliphatic carbocycles. The molecule has 1 N–H and O–H groups in total. The van der Waals surface area contributed by atoms with Crippen molar-refractivity contribution in [2.75, 3.05) is 13.9 Å². The maximum absolute atomic E-state index is 12.3. The van der Waals surface area contributed by atoms with Gasteiger partial charge in [-0.3, -0.25) is 4.79 Å². The van der Waals surface area contributed by atoms with Crippen LogP contribution in [0.3, 0.4) is 0 Å². The van der Waals surface area contributed by atoms with Crippen LogP contribution in [0, 0.1) is 3.57 Å². The van der Waals surface area contributed by atoms with E-state index >= 15 is 0 Å². The summed E-state index contributed by atoms with van der Waals surface area (Å²) < 4.78 is 23.5. The lowest BCUT2D eigenvalue weighted by Crippen LogP contribution is -2.16. The molecule has 0 saturated carbocycles. The van der Waals surface area contributed by atoms with Crippen LogP contribution in [0.2, 0.25) is 0 Å². The number of methoxy groups -OCH3 is 1. The van der Waals surface area contributed by atoms with E-state index in [1.165, 1.54) is 6.21 Å². The number of hydrogen-bond acceptors (Lipinski definition) is 6. The van der Waals surface area contributed by atoms with Crippen LogP contribution in [0.25, 0.3) is 11.0 Å². The van der Waals surface area contributed by atoms with Gasteiger partial charge >= 0.3 is 5.91 Å². The maximum Gasteiger partial charge on any atom is 0.307 e. The third kappa shape index (κ3) is 3.61. The Morgan fingerprint density at radius 2 is 2.15 bits per heavy atom. The number of benzene rings is 2. The van der Waals surface area contributed by atoms with E-state index in [1.54, 1.807) is 25.3 Å². The van der Waals surface area contributed by atoms with Crippen LogP contribution in [0.5, 0.6) is 17.2 Å². The van der Waals surface area contributed by atoms with Crippen molar-refractivity contribution in [2.24, 2.45) is 5.10 Å². The molecule has 3 aromatic rings. The zero-order valence-electron chi connectivity index (χ0n) is 13.9. The molecule has 2 aromatic carbocycles. The fraction of sp³-hybridized carbons (Fsp3) is 0.111. The lowest BCUT2D eigenvalue weighted by Gasteiger charge is -2.05. The molecule has 0 radical (unpaired) electrons. The highest BCUT2D eigenvalue weighted by atomic mass is 127. The van der Waals surface area contributed by atoms with Gasteiger partial charge in [0.1, 0.15) is 5.58 Å². The van der Waals surface area contributed by atoms with Gasteiger partial charge in [0.25, 0.3) is 0 Å². The van der Waals surface area contributed by atoms with E-state index < -0.39 is 5.91 Å². The van der Waals surface area contributed by atoms with E-state index in [1.807, 2.05) is 12.1 Å². The normalized spacial score (nSPS) is 12.7. The second-order valence-electron chi connectivity index (χ2n) is 5.57. The molecule has 0 bridgehead atoms. The predicted molar refractivity (Wildman–Crippen MR) is 111 cm³/mol. The maximum atomic E-state index is 12.3. The molecule has 1 aliphatic heterocycles. The van der Waals surface area contributed by atoms with Crippen molar-refractivity contribution < 1.29 is 23.4 Å². The molecule has 4 rings (SSSR count). The average molecular weight is 543 g/mol. The van der Waals surface area contributed by atoms with E-state index in [2.05, 4.69) is 49.0 Å². The van der Waals surface area contributed by atoms with Crippen LogP contribution < -0.4 is 19.6 Å². The predicted octanol–water partition coefficient (Wildman–Crippen LogP) is 4.30. The van der Waals surface area contributed by atoms with Crippen LogP contribution >= 0.6 is 38.5 Å². The highest BCUT2D eigenvalue weighted by Gasteiger charge is 2.19. The zero-order valence-corrected chi connectivity index (χ0v) is 17.7. The van der Waals surface area contributed by atoms with Crippen molar-refractivity contribution in [1.29, 1.82) is 0 Å². The van der Waals surface area contributed by atoms with Gasteiger partial charge in [-0.05, 0) is 52.9 Å². The minimum Gasteiger partial charge on any atom is -0.493 e. The summed E-state index contributed by atoms with van der Waals surface area (Å²) in [5.41, 5.74) is 3.81. The van der Waals surface area contributed by atoms with Gasteiger partial charge in [0, 0.05) is 15.4 Å². The molecule has 0 fully saturated rings. The van der Waals surface area contributed by atoms with Gasteiger partial charge in [-0.25, -0.2) is 5.43 Å². The number of amides is 1. The quantitative estimate of drug-likeness (QED) is 0.302. The summed E-state index contributed by atoms with van der Waals surface area (Å²) >= 11 is 5.59. The van der Waals surface area contributed by atoms with Crippen molar-refractivity contribution in [3.63, 3.8) is 0 Å². The molecule has 0 atom stereocenters. The van der Waals surface area contributed by atoms with Crippen molar-refractivity contribution in [3.05, 3.63) is 49.7 Å². The molecule has 0 spiro atoms. The molecule has 2 heterocycles. The summed E-state index contributed by atoms with van der Waals surface area (Å²) in [5.74, 6) is 1.40. The topological polar surface area (TPSA) is 82.3 Å². The number of hydrogen-bond donors (Lipinski definition) is 1. The largest absolute Gasteiger partial charge is 0.493 e. The number of carbonyl (C=O) groups excluding carboxylic acids is 1. The monoisotopic (exact) mass is 542 g/mol. The summed E-state index contributed by atoms with van der Waals surface area (Å²) in [6.45, 7) is 0.143. The number of nitrogens with zero attached hydrogens (tertiary/aromatic N) is 1. The Morgan fingerprint density at radius 3 is 2.96 bits per heavy atom. The average Bonchev–Trinajstić information content (AvgIpc) is 3.27. The SMILES string of the molecule is COc1cc(/C=N\NC(=O)c2cc3cc(Br)cc(I)c3o2)cc2c1OCO2. The first-order valence-electron chi connectivity index (χ1n) is 7.75. The number of rotatable bonds is 4. The Bertz CT molecular complexity index is 1080. The molecule has 0 saturated heterocycles. The number of furan rings is 1. The van der Waals surface area contributed by atoms with E-state index in [9.17, 15) is 4.79 Å².